The van der Waals surface area contributed by atoms with Gasteiger partial charge in [-0.25, -0.2) is 0 Å². The maximum Gasteiger partial charge on any atom is 0.212 e. The number of aliphatic hydroxyl groups excluding tert-OH is 6. The summed E-state index contributed by atoms with van der Waals surface area (Å²) in [5.74, 6) is -0.630. The number of Topliss-reactive ketones (excluding diaryl/α,β-unsaturated/α-hetero) is 1. The molecule has 9 heteroatoms. The third kappa shape index (κ3) is 8.20. The Balaban J connectivity index is 0. The van der Waals surface area contributed by atoms with Crippen molar-refractivity contribution < 1.29 is 45.3 Å². The van der Waals surface area contributed by atoms with E-state index in [1.165, 1.54) is 0 Å². The molecule has 9 nitrogen and oxygen atoms in total. The van der Waals surface area contributed by atoms with Crippen molar-refractivity contribution in [3.63, 3.8) is 0 Å². The molecule has 0 amide bonds. The van der Waals surface area contributed by atoms with Crippen LogP contribution in [0.25, 0.3) is 0 Å². The summed E-state index contributed by atoms with van der Waals surface area (Å²) >= 11 is 0. The van der Waals surface area contributed by atoms with Crippen molar-refractivity contribution in [1.29, 1.82) is 0 Å². The van der Waals surface area contributed by atoms with E-state index in [4.69, 9.17) is 35.7 Å². The molecule has 0 heterocycles. The lowest BCUT2D eigenvalue weighted by Crippen LogP contribution is -2.46. The van der Waals surface area contributed by atoms with E-state index in [2.05, 4.69) is 0 Å². The second-order valence-corrected chi connectivity index (χ2v) is 3.34. The highest BCUT2D eigenvalue weighted by Crippen LogP contribution is 2.02. The number of hydrogen-bond acceptors (Lipinski definition) is 9. The normalized spacial score (nSPS) is 17.2. The van der Waals surface area contributed by atoms with Crippen LogP contribution in [-0.2, 0) is 9.59 Å². The largest absolute Gasteiger partial charge is 0.394 e. The highest BCUT2D eigenvalue weighted by atomic mass is 16.5. The van der Waals surface area contributed by atoms with Crippen molar-refractivity contribution in [1.82, 2.24) is 0 Å². The molecule has 0 aliphatic heterocycles. The zero-order valence-electron chi connectivity index (χ0n) is 9.62. The van der Waals surface area contributed by atoms with Gasteiger partial charge < -0.3 is 40.5 Å². The Labute approximate surface area is 103 Å². The van der Waals surface area contributed by atoms with Crippen LogP contribution in [0.4, 0.5) is 0 Å². The second kappa shape index (κ2) is 10.0. The molecule has 108 valence electrons. The molecule has 0 saturated heterocycles. The lowest BCUT2D eigenvalue weighted by molar-refractivity contribution is -0.142. The van der Waals surface area contributed by atoms with Crippen molar-refractivity contribution >= 4 is 12.1 Å². The van der Waals surface area contributed by atoms with Gasteiger partial charge in [0.05, 0.1) is 6.61 Å². The third-order valence-electron chi connectivity index (χ3n) is 1.78. The van der Waals surface area contributed by atoms with Crippen LogP contribution >= 0.6 is 0 Å². The SMILES string of the molecule is CC(=O)C(O)O.O=C[C@H](O)[C@@H](O)[C@H](O)[C@H](O)CO. The van der Waals surface area contributed by atoms with Crippen molar-refractivity contribution in [2.45, 2.75) is 37.6 Å². The van der Waals surface area contributed by atoms with E-state index < -0.39 is 43.1 Å². The van der Waals surface area contributed by atoms with E-state index in [1.54, 1.807) is 0 Å². The van der Waals surface area contributed by atoms with Crippen LogP contribution in [0.2, 0.25) is 0 Å². The van der Waals surface area contributed by atoms with E-state index >= 15 is 0 Å². The van der Waals surface area contributed by atoms with Crippen molar-refractivity contribution in [3.05, 3.63) is 0 Å². The topological polar surface area (TPSA) is 176 Å². The molecule has 18 heavy (non-hydrogen) atoms. The molecule has 0 aromatic heterocycles. The van der Waals surface area contributed by atoms with Gasteiger partial charge in [0.25, 0.3) is 0 Å². The molecule has 0 aliphatic carbocycles. The summed E-state index contributed by atoms with van der Waals surface area (Å²) in [7, 11) is 0. The first-order chi connectivity index (χ1) is 8.18. The van der Waals surface area contributed by atoms with Crippen molar-refractivity contribution in [3.8, 4) is 0 Å². The van der Waals surface area contributed by atoms with Gasteiger partial charge in [-0.05, 0) is 6.92 Å². The standard InChI is InChI=1S/C6H12O6.C3H6O3/c7-1-3(9)5(11)6(12)4(10)2-8;1-2(4)3(5)6/h1,3-6,8-12H,2H2;3,5-6H,1H3/t3-,4+,5+,6+;/m0./s1. The molecule has 0 spiro atoms. The summed E-state index contributed by atoms with van der Waals surface area (Å²) in [6.07, 6.45) is -8.63. The van der Waals surface area contributed by atoms with Crippen LogP contribution in [-0.4, -0.2) is 85.1 Å². The van der Waals surface area contributed by atoms with Gasteiger partial charge in [0, 0.05) is 0 Å². The van der Waals surface area contributed by atoms with Crippen LogP contribution in [0.3, 0.4) is 0 Å². The molecule has 0 aliphatic rings. The minimum atomic E-state index is -1.79. The summed E-state index contributed by atoms with van der Waals surface area (Å²) in [4.78, 5) is 19.5. The molecule has 0 unspecified atom stereocenters. The summed E-state index contributed by atoms with van der Waals surface area (Å²) in [6.45, 7) is 0.342. The van der Waals surface area contributed by atoms with E-state index in [0.29, 0.717) is 0 Å². The van der Waals surface area contributed by atoms with Gasteiger partial charge in [0.15, 0.2) is 12.1 Å². The smallest absolute Gasteiger partial charge is 0.212 e. The first-order valence-corrected chi connectivity index (χ1v) is 4.84. The molecule has 0 aromatic rings. The average molecular weight is 270 g/mol. The van der Waals surface area contributed by atoms with E-state index in [0.717, 1.165) is 6.92 Å². The first-order valence-electron chi connectivity index (χ1n) is 4.84. The number of aliphatic hydroxyl groups is 7. The summed E-state index contributed by atoms with van der Waals surface area (Å²) in [5, 5.41) is 59.2. The summed E-state index contributed by atoms with van der Waals surface area (Å²) in [5.41, 5.74) is 0. The molecule has 0 aromatic carbocycles. The zero-order chi connectivity index (χ0) is 14.9. The van der Waals surface area contributed by atoms with Gasteiger partial charge in [-0.3, -0.25) is 4.79 Å². The van der Waals surface area contributed by atoms with Crippen LogP contribution in [0.1, 0.15) is 6.92 Å². The lowest BCUT2D eigenvalue weighted by Gasteiger charge is -2.22. The molecule has 7 N–H and O–H groups in total. The lowest BCUT2D eigenvalue weighted by atomic mass is 10.0. The molecule has 0 fully saturated rings. The number of ketones is 1. The van der Waals surface area contributed by atoms with E-state index in [-0.39, 0.29) is 6.29 Å². The quantitative estimate of drug-likeness (QED) is 0.185. The Morgan fingerprint density at radius 2 is 1.44 bits per heavy atom. The Kier molecular flexibility index (Phi) is 10.8. The van der Waals surface area contributed by atoms with Crippen LogP contribution < -0.4 is 0 Å². The summed E-state index contributed by atoms with van der Waals surface area (Å²) in [6, 6.07) is 0. The number of aldehydes is 1. The maximum absolute atomic E-state index is 9.90. The fourth-order valence-corrected chi connectivity index (χ4v) is 0.618. The fraction of sp³-hybridized carbons (Fsp3) is 0.778. The molecule has 0 radical (unpaired) electrons. The number of hydrogen-bond donors (Lipinski definition) is 7. The first kappa shape index (κ1) is 19.4. The highest BCUT2D eigenvalue weighted by molar-refractivity contribution is 5.78. The van der Waals surface area contributed by atoms with Crippen LogP contribution in [0.15, 0.2) is 0 Å². The van der Waals surface area contributed by atoms with E-state index in [1.807, 2.05) is 0 Å². The Bertz CT molecular complexity index is 242. The number of carbonyl (C=O) groups excluding carboxylic acids is 2. The molecule has 4 atom stereocenters. The van der Waals surface area contributed by atoms with Gasteiger partial charge in [-0.2, -0.15) is 0 Å². The fourth-order valence-electron chi connectivity index (χ4n) is 0.618. The number of rotatable bonds is 6. The van der Waals surface area contributed by atoms with Crippen molar-refractivity contribution in [2.75, 3.05) is 6.61 Å². The molecular weight excluding hydrogens is 252 g/mol. The minimum Gasteiger partial charge on any atom is -0.394 e. The predicted molar refractivity (Wildman–Crippen MR) is 56.1 cm³/mol. The van der Waals surface area contributed by atoms with Crippen molar-refractivity contribution in [2.24, 2.45) is 0 Å². The molecule has 0 bridgehead atoms. The zero-order valence-corrected chi connectivity index (χ0v) is 9.62. The Hall–Kier alpha value is -0.940. The van der Waals surface area contributed by atoms with Gasteiger partial charge in [-0.1, -0.05) is 0 Å². The van der Waals surface area contributed by atoms with Gasteiger partial charge >= 0.3 is 0 Å². The number of carbonyl (C=O) groups is 2. The molecular formula is C9H18O9. The summed E-state index contributed by atoms with van der Waals surface area (Å²) < 4.78 is 0. The third-order valence-corrected chi connectivity index (χ3v) is 1.78. The van der Waals surface area contributed by atoms with Crippen LogP contribution in [0, 0.1) is 0 Å². The molecule has 0 saturated carbocycles. The minimum absolute atomic E-state index is 0.0258. The van der Waals surface area contributed by atoms with Gasteiger partial charge in [0.2, 0.25) is 6.29 Å². The molecule has 0 rings (SSSR count). The Morgan fingerprint density at radius 1 is 1.06 bits per heavy atom. The van der Waals surface area contributed by atoms with E-state index in [9.17, 15) is 9.59 Å². The van der Waals surface area contributed by atoms with Crippen LogP contribution in [0.5, 0.6) is 0 Å². The monoisotopic (exact) mass is 270 g/mol. The van der Waals surface area contributed by atoms with Gasteiger partial charge in [0.1, 0.15) is 24.4 Å². The maximum atomic E-state index is 9.90. The highest BCUT2D eigenvalue weighted by Gasteiger charge is 2.29. The second-order valence-electron chi connectivity index (χ2n) is 3.34. The predicted octanol–water partition coefficient (Wildman–Crippen LogP) is -4.49. The van der Waals surface area contributed by atoms with Gasteiger partial charge in [-0.15, -0.1) is 0 Å². The Morgan fingerprint density at radius 3 is 1.67 bits per heavy atom. The average Bonchev–Trinajstić information content (AvgIpc) is 2.35.